The van der Waals surface area contributed by atoms with Gasteiger partial charge in [-0.25, -0.2) is 0 Å². The van der Waals surface area contributed by atoms with Crippen LogP contribution in [0.15, 0.2) is 54.6 Å². The van der Waals surface area contributed by atoms with Crippen LogP contribution in [0.25, 0.3) is 0 Å². The normalized spacial score (nSPS) is 11.3. The zero-order chi connectivity index (χ0) is 15.8. The summed E-state index contributed by atoms with van der Waals surface area (Å²) in [5.41, 5.74) is 1.69. The van der Waals surface area contributed by atoms with Crippen molar-refractivity contribution in [2.45, 2.75) is 19.4 Å². The number of amides is 1. The number of nitrogens with one attached hydrogen (secondary N) is 1. The minimum Gasteiger partial charge on any atom is -0.481 e. The van der Waals surface area contributed by atoms with Crippen molar-refractivity contribution in [3.05, 3.63) is 65.7 Å². The number of rotatable bonds is 6. The van der Waals surface area contributed by atoms with Crippen molar-refractivity contribution in [1.82, 2.24) is 5.32 Å². The Bertz CT molecular complexity index is 662. The average Bonchev–Trinajstić information content (AvgIpc) is 2.56. The molecule has 0 saturated heterocycles. The molecule has 0 spiro atoms. The molecule has 2 rings (SSSR count). The van der Waals surface area contributed by atoms with Crippen molar-refractivity contribution >= 4 is 5.91 Å². The Kier molecular flexibility index (Phi) is 5.56. The van der Waals surface area contributed by atoms with Crippen LogP contribution < -0.4 is 10.1 Å². The second kappa shape index (κ2) is 7.84. The fourth-order valence-corrected chi connectivity index (χ4v) is 2.02. The standard InChI is InChI=1S/C18H18N2O2/c1-14(22-17-9-5-8-16(12-17)13-19)18(21)20-11-10-15-6-3-2-4-7-15/h2-9,12,14H,10-11H2,1H3,(H,20,21)/t14-/m1/s1. The third-order valence-corrected chi connectivity index (χ3v) is 3.20. The van der Waals surface area contributed by atoms with Crippen molar-refractivity contribution in [2.24, 2.45) is 0 Å². The quantitative estimate of drug-likeness (QED) is 0.891. The van der Waals surface area contributed by atoms with Gasteiger partial charge in [0.2, 0.25) is 0 Å². The Labute approximate surface area is 130 Å². The molecule has 0 aromatic heterocycles. The fraction of sp³-hybridized carbons (Fsp3) is 0.222. The number of nitrogens with zero attached hydrogens (tertiary/aromatic N) is 1. The average molecular weight is 294 g/mol. The summed E-state index contributed by atoms with van der Waals surface area (Å²) in [7, 11) is 0. The summed E-state index contributed by atoms with van der Waals surface area (Å²) in [5.74, 6) is 0.350. The maximum absolute atomic E-state index is 12.0. The molecular weight excluding hydrogens is 276 g/mol. The molecule has 4 nitrogen and oxygen atoms in total. The van der Waals surface area contributed by atoms with Crippen LogP contribution in [-0.2, 0) is 11.2 Å². The van der Waals surface area contributed by atoms with Gasteiger partial charge in [0.25, 0.3) is 5.91 Å². The summed E-state index contributed by atoms with van der Waals surface area (Å²) in [6, 6.07) is 18.8. The molecule has 0 saturated carbocycles. The van der Waals surface area contributed by atoms with Crippen LogP contribution in [0.3, 0.4) is 0 Å². The smallest absolute Gasteiger partial charge is 0.260 e. The zero-order valence-corrected chi connectivity index (χ0v) is 12.5. The molecule has 2 aromatic carbocycles. The fourth-order valence-electron chi connectivity index (χ4n) is 2.02. The van der Waals surface area contributed by atoms with Gasteiger partial charge in [0.05, 0.1) is 11.6 Å². The molecule has 0 aliphatic carbocycles. The molecular formula is C18H18N2O2. The summed E-state index contributed by atoms with van der Waals surface area (Å²) in [4.78, 5) is 12.0. The van der Waals surface area contributed by atoms with Gasteiger partial charge in [-0.05, 0) is 37.1 Å². The van der Waals surface area contributed by atoms with Crippen LogP contribution in [0.5, 0.6) is 5.75 Å². The van der Waals surface area contributed by atoms with Gasteiger partial charge in [0.15, 0.2) is 6.10 Å². The van der Waals surface area contributed by atoms with Gasteiger partial charge < -0.3 is 10.1 Å². The lowest BCUT2D eigenvalue weighted by molar-refractivity contribution is -0.127. The van der Waals surface area contributed by atoms with Crippen LogP contribution in [0.4, 0.5) is 0 Å². The molecule has 0 heterocycles. The maximum Gasteiger partial charge on any atom is 0.260 e. The third-order valence-electron chi connectivity index (χ3n) is 3.20. The number of ether oxygens (including phenoxy) is 1. The SMILES string of the molecule is C[C@@H](Oc1cccc(C#N)c1)C(=O)NCCc1ccccc1. The summed E-state index contributed by atoms with van der Waals surface area (Å²) in [6.45, 7) is 2.26. The molecule has 0 fully saturated rings. The number of benzene rings is 2. The number of hydrogen-bond acceptors (Lipinski definition) is 3. The van der Waals surface area contributed by atoms with E-state index in [4.69, 9.17) is 10.00 Å². The summed E-state index contributed by atoms with van der Waals surface area (Å²) >= 11 is 0. The largest absolute Gasteiger partial charge is 0.481 e. The van der Waals surface area contributed by atoms with Crippen molar-refractivity contribution in [1.29, 1.82) is 5.26 Å². The summed E-state index contributed by atoms with van der Waals surface area (Å²) in [5, 5.41) is 11.7. The van der Waals surface area contributed by atoms with E-state index in [1.54, 1.807) is 31.2 Å². The molecule has 0 bridgehead atoms. The lowest BCUT2D eigenvalue weighted by atomic mass is 10.1. The van der Waals surface area contributed by atoms with Crippen LogP contribution in [-0.4, -0.2) is 18.6 Å². The molecule has 0 unspecified atom stereocenters. The van der Waals surface area contributed by atoms with Gasteiger partial charge in [0, 0.05) is 6.54 Å². The molecule has 1 amide bonds. The predicted octanol–water partition coefficient (Wildman–Crippen LogP) is 2.68. The van der Waals surface area contributed by atoms with Crippen molar-refractivity contribution in [3.63, 3.8) is 0 Å². The lowest BCUT2D eigenvalue weighted by Gasteiger charge is -2.14. The highest BCUT2D eigenvalue weighted by Gasteiger charge is 2.14. The number of carbonyl (C=O) groups is 1. The Morgan fingerprint density at radius 1 is 1.23 bits per heavy atom. The molecule has 0 radical (unpaired) electrons. The van der Waals surface area contributed by atoms with Gasteiger partial charge >= 0.3 is 0 Å². The van der Waals surface area contributed by atoms with E-state index in [0.29, 0.717) is 17.9 Å². The van der Waals surface area contributed by atoms with Crippen molar-refractivity contribution in [2.75, 3.05) is 6.54 Å². The first-order chi connectivity index (χ1) is 10.7. The third kappa shape index (κ3) is 4.64. The topological polar surface area (TPSA) is 62.1 Å². The van der Waals surface area contributed by atoms with Crippen molar-refractivity contribution < 1.29 is 9.53 Å². The zero-order valence-electron chi connectivity index (χ0n) is 12.5. The first-order valence-electron chi connectivity index (χ1n) is 7.17. The number of hydrogen-bond donors (Lipinski definition) is 1. The summed E-state index contributed by atoms with van der Waals surface area (Å²) < 4.78 is 5.56. The van der Waals surface area contributed by atoms with Crippen molar-refractivity contribution in [3.8, 4) is 11.8 Å². The highest BCUT2D eigenvalue weighted by Crippen LogP contribution is 2.14. The Morgan fingerprint density at radius 3 is 2.73 bits per heavy atom. The minimum absolute atomic E-state index is 0.168. The molecule has 4 heteroatoms. The van der Waals surface area contributed by atoms with Crippen LogP contribution in [0.2, 0.25) is 0 Å². The lowest BCUT2D eigenvalue weighted by Crippen LogP contribution is -2.37. The monoisotopic (exact) mass is 294 g/mol. The van der Waals surface area contributed by atoms with Gasteiger partial charge in [-0.15, -0.1) is 0 Å². The highest BCUT2D eigenvalue weighted by atomic mass is 16.5. The minimum atomic E-state index is -0.607. The highest BCUT2D eigenvalue weighted by molar-refractivity contribution is 5.80. The van der Waals surface area contributed by atoms with E-state index >= 15 is 0 Å². The van der Waals surface area contributed by atoms with E-state index in [-0.39, 0.29) is 5.91 Å². The van der Waals surface area contributed by atoms with Crippen LogP contribution >= 0.6 is 0 Å². The van der Waals surface area contributed by atoms with E-state index in [2.05, 4.69) is 5.32 Å². The summed E-state index contributed by atoms with van der Waals surface area (Å²) in [6.07, 6.45) is 0.174. The first-order valence-corrected chi connectivity index (χ1v) is 7.17. The molecule has 0 aliphatic heterocycles. The Balaban J connectivity index is 1.80. The molecule has 112 valence electrons. The Morgan fingerprint density at radius 2 is 2.00 bits per heavy atom. The molecule has 22 heavy (non-hydrogen) atoms. The number of nitriles is 1. The van der Waals surface area contributed by atoms with E-state index in [1.165, 1.54) is 5.56 Å². The Hall–Kier alpha value is -2.80. The first kappa shape index (κ1) is 15.6. The molecule has 0 aliphatic rings. The van der Waals surface area contributed by atoms with Crippen LogP contribution in [0, 0.1) is 11.3 Å². The van der Waals surface area contributed by atoms with Crippen LogP contribution in [0.1, 0.15) is 18.1 Å². The molecule has 2 aromatic rings. The van der Waals surface area contributed by atoms with Gasteiger partial charge in [-0.3, -0.25) is 4.79 Å². The van der Waals surface area contributed by atoms with E-state index in [0.717, 1.165) is 6.42 Å². The second-order valence-corrected chi connectivity index (χ2v) is 4.93. The second-order valence-electron chi connectivity index (χ2n) is 4.93. The molecule has 1 N–H and O–H groups in total. The molecule has 1 atom stereocenters. The maximum atomic E-state index is 12.0. The van der Waals surface area contributed by atoms with Gasteiger partial charge in [-0.1, -0.05) is 36.4 Å². The predicted molar refractivity (Wildman–Crippen MR) is 84.4 cm³/mol. The number of carbonyl (C=O) groups excluding carboxylic acids is 1. The van der Waals surface area contributed by atoms with Gasteiger partial charge in [0.1, 0.15) is 5.75 Å². The van der Waals surface area contributed by atoms with E-state index < -0.39 is 6.10 Å². The van der Waals surface area contributed by atoms with Gasteiger partial charge in [-0.2, -0.15) is 5.26 Å². The van der Waals surface area contributed by atoms with E-state index in [1.807, 2.05) is 36.4 Å². The van der Waals surface area contributed by atoms with E-state index in [9.17, 15) is 4.79 Å².